The van der Waals surface area contributed by atoms with Crippen LogP contribution >= 0.6 is 11.3 Å². The highest BCUT2D eigenvalue weighted by atomic mass is 32.1. The molecular formula is C26H30N4O4S. The molecule has 2 N–H and O–H groups in total. The SMILES string of the molecule is Cc1cc(C(C(=O)N2CC(O)CC2C(=O)NCc2ccc(-c3scnc3C)cc2)C2CCC2)on1. The molecule has 1 aliphatic heterocycles. The molecule has 1 saturated heterocycles. The van der Waals surface area contributed by atoms with Gasteiger partial charge in [0, 0.05) is 25.6 Å². The Morgan fingerprint density at radius 3 is 2.63 bits per heavy atom. The molecule has 2 aliphatic rings. The fraction of sp³-hybridized carbons (Fsp3) is 0.462. The van der Waals surface area contributed by atoms with Gasteiger partial charge in [-0.05, 0) is 43.7 Å². The van der Waals surface area contributed by atoms with Crippen molar-refractivity contribution in [1.82, 2.24) is 20.4 Å². The van der Waals surface area contributed by atoms with E-state index in [1.54, 1.807) is 17.4 Å². The van der Waals surface area contributed by atoms with Gasteiger partial charge in [-0.15, -0.1) is 11.3 Å². The highest BCUT2D eigenvalue weighted by molar-refractivity contribution is 7.13. The van der Waals surface area contributed by atoms with Crippen LogP contribution in [0.5, 0.6) is 0 Å². The third kappa shape index (κ3) is 4.88. The summed E-state index contributed by atoms with van der Waals surface area (Å²) in [6.07, 6.45) is 2.47. The van der Waals surface area contributed by atoms with E-state index >= 15 is 0 Å². The van der Waals surface area contributed by atoms with Gasteiger partial charge in [-0.1, -0.05) is 35.8 Å². The summed E-state index contributed by atoms with van der Waals surface area (Å²) >= 11 is 1.60. The number of nitrogens with one attached hydrogen (secondary N) is 1. The molecule has 3 unspecified atom stereocenters. The number of carbonyl (C=O) groups excluding carboxylic acids is 2. The molecule has 3 aromatic rings. The normalized spacial score (nSPS) is 21.1. The summed E-state index contributed by atoms with van der Waals surface area (Å²) < 4.78 is 5.47. The van der Waals surface area contributed by atoms with Gasteiger partial charge in [0.05, 0.1) is 27.9 Å². The Morgan fingerprint density at radius 2 is 2.03 bits per heavy atom. The van der Waals surface area contributed by atoms with E-state index in [1.807, 2.05) is 43.6 Å². The van der Waals surface area contributed by atoms with Crippen LogP contribution in [0.3, 0.4) is 0 Å². The van der Waals surface area contributed by atoms with Gasteiger partial charge in [-0.3, -0.25) is 9.59 Å². The molecule has 0 bridgehead atoms. The highest BCUT2D eigenvalue weighted by Gasteiger charge is 2.45. The van der Waals surface area contributed by atoms with Crippen LogP contribution in [-0.2, 0) is 16.1 Å². The topological polar surface area (TPSA) is 109 Å². The lowest BCUT2D eigenvalue weighted by Crippen LogP contribution is -2.48. The number of aliphatic hydroxyl groups excluding tert-OH is 1. The zero-order valence-corrected chi connectivity index (χ0v) is 20.8. The van der Waals surface area contributed by atoms with Crippen molar-refractivity contribution in [2.24, 2.45) is 5.92 Å². The molecular weight excluding hydrogens is 464 g/mol. The molecule has 2 aromatic heterocycles. The fourth-order valence-electron chi connectivity index (χ4n) is 5.00. The van der Waals surface area contributed by atoms with Crippen LogP contribution in [0.1, 0.15) is 54.3 Å². The first-order chi connectivity index (χ1) is 16.9. The molecule has 184 valence electrons. The van der Waals surface area contributed by atoms with Gasteiger partial charge in [0.15, 0.2) is 0 Å². The summed E-state index contributed by atoms with van der Waals surface area (Å²) in [4.78, 5) is 33.8. The maximum absolute atomic E-state index is 13.6. The van der Waals surface area contributed by atoms with Crippen molar-refractivity contribution in [2.75, 3.05) is 6.54 Å². The number of amides is 2. The quantitative estimate of drug-likeness (QED) is 0.520. The zero-order chi connectivity index (χ0) is 24.5. The summed E-state index contributed by atoms with van der Waals surface area (Å²) in [7, 11) is 0. The molecule has 1 aromatic carbocycles. The van der Waals surface area contributed by atoms with Crippen LogP contribution in [-0.4, -0.2) is 50.7 Å². The molecule has 0 spiro atoms. The summed E-state index contributed by atoms with van der Waals surface area (Å²) in [6.45, 7) is 4.32. The molecule has 1 aliphatic carbocycles. The van der Waals surface area contributed by atoms with Crippen molar-refractivity contribution < 1.29 is 19.2 Å². The highest BCUT2D eigenvalue weighted by Crippen LogP contribution is 2.41. The van der Waals surface area contributed by atoms with E-state index in [1.165, 1.54) is 4.90 Å². The van der Waals surface area contributed by atoms with Crippen LogP contribution in [0, 0.1) is 19.8 Å². The molecule has 3 heterocycles. The largest absolute Gasteiger partial charge is 0.391 e. The third-order valence-electron chi connectivity index (χ3n) is 7.13. The van der Waals surface area contributed by atoms with Gasteiger partial charge in [0.2, 0.25) is 11.8 Å². The average Bonchev–Trinajstić information content (AvgIpc) is 3.54. The van der Waals surface area contributed by atoms with Crippen molar-refractivity contribution in [3.05, 3.63) is 58.6 Å². The minimum Gasteiger partial charge on any atom is -0.391 e. The average molecular weight is 495 g/mol. The third-order valence-corrected chi connectivity index (χ3v) is 8.11. The summed E-state index contributed by atoms with van der Waals surface area (Å²) in [5, 5.41) is 17.3. The first kappa shape index (κ1) is 23.7. The van der Waals surface area contributed by atoms with Crippen molar-refractivity contribution in [3.63, 3.8) is 0 Å². The van der Waals surface area contributed by atoms with E-state index in [0.29, 0.717) is 12.3 Å². The van der Waals surface area contributed by atoms with Crippen molar-refractivity contribution in [2.45, 2.75) is 64.1 Å². The van der Waals surface area contributed by atoms with Crippen LogP contribution in [0.2, 0.25) is 0 Å². The number of benzene rings is 1. The molecule has 2 amide bonds. The van der Waals surface area contributed by atoms with Crippen LogP contribution in [0.25, 0.3) is 10.4 Å². The van der Waals surface area contributed by atoms with E-state index in [2.05, 4.69) is 15.5 Å². The predicted octanol–water partition coefficient (Wildman–Crippen LogP) is 3.58. The van der Waals surface area contributed by atoms with E-state index in [0.717, 1.165) is 46.7 Å². The first-order valence-corrected chi connectivity index (χ1v) is 13.0. The fourth-order valence-corrected chi connectivity index (χ4v) is 5.81. The molecule has 3 atom stereocenters. The lowest BCUT2D eigenvalue weighted by atomic mass is 9.74. The number of aryl methyl sites for hydroxylation is 2. The molecule has 8 nitrogen and oxygen atoms in total. The summed E-state index contributed by atoms with van der Waals surface area (Å²) in [5.74, 6) is -0.149. The number of hydrogen-bond donors (Lipinski definition) is 2. The number of nitrogens with zero attached hydrogens (tertiary/aromatic N) is 3. The number of thiazole rings is 1. The second-order valence-electron chi connectivity index (χ2n) is 9.62. The molecule has 0 radical (unpaired) electrons. The Bertz CT molecular complexity index is 1200. The standard InChI is InChI=1S/C26H30N4O4S/c1-15-10-22(34-29-15)23(18-4-3-5-18)26(33)30-13-20(31)11-21(30)25(32)27-12-17-6-8-19(9-7-17)24-16(2)28-14-35-24/h6-10,14,18,20-21,23,31H,3-5,11-13H2,1-2H3,(H,27,32). The number of hydrogen-bond acceptors (Lipinski definition) is 7. The monoisotopic (exact) mass is 494 g/mol. The maximum Gasteiger partial charge on any atom is 0.243 e. The lowest BCUT2D eigenvalue weighted by Gasteiger charge is -2.35. The van der Waals surface area contributed by atoms with Crippen molar-refractivity contribution in [3.8, 4) is 10.4 Å². The van der Waals surface area contributed by atoms with E-state index in [9.17, 15) is 14.7 Å². The maximum atomic E-state index is 13.6. The van der Waals surface area contributed by atoms with E-state index in [-0.39, 0.29) is 30.7 Å². The molecule has 1 saturated carbocycles. The Morgan fingerprint density at radius 1 is 1.26 bits per heavy atom. The molecule has 2 fully saturated rings. The first-order valence-electron chi connectivity index (χ1n) is 12.1. The second-order valence-corrected chi connectivity index (χ2v) is 10.5. The number of likely N-dealkylation sites (tertiary alicyclic amines) is 1. The number of aliphatic hydroxyl groups is 1. The van der Waals surface area contributed by atoms with Gasteiger partial charge in [-0.25, -0.2) is 4.98 Å². The number of β-amino-alcohol motifs (C(OH)–C–C–N with tert-alkyl or cyclic N) is 1. The smallest absolute Gasteiger partial charge is 0.243 e. The van der Waals surface area contributed by atoms with Crippen LogP contribution < -0.4 is 5.32 Å². The Labute approximate surface area is 208 Å². The zero-order valence-electron chi connectivity index (χ0n) is 19.9. The van der Waals surface area contributed by atoms with Gasteiger partial charge < -0.3 is 19.8 Å². The summed E-state index contributed by atoms with van der Waals surface area (Å²) in [6, 6.07) is 9.13. The number of rotatable bonds is 7. The Kier molecular flexibility index (Phi) is 6.71. The van der Waals surface area contributed by atoms with E-state index in [4.69, 9.17) is 4.52 Å². The minimum absolute atomic E-state index is 0.149. The van der Waals surface area contributed by atoms with Gasteiger partial charge in [0.1, 0.15) is 17.7 Å². The van der Waals surface area contributed by atoms with E-state index < -0.39 is 18.1 Å². The summed E-state index contributed by atoms with van der Waals surface area (Å²) in [5.41, 5.74) is 5.62. The van der Waals surface area contributed by atoms with Gasteiger partial charge in [-0.2, -0.15) is 0 Å². The number of aromatic nitrogens is 2. The van der Waals surface area contributed by atoms with Gasteiger partial charge >= 0.3 is 0 Å². The Balaban J connectivity index is 1.26. The van der Waals surface area contributed by atoms with Gasteiger partial charge in [0.25, 0.3) is 0 Å². The number of carbonyl (C=O) groups is 2. The molecule has 5 rings (SSSR count). The minimum atomic E-state index is -0.727. The van der Waals surface area contributed by atoms with Crippen LogP contribution in [0.4, 0.5) is 0 Å². The Hall–Kier alpha value is -3.04. The molecule has 35 heavy (non-hydrogen) atoms. The van der Waals surface area contributed by atoms with Crippen LogP contribution in [0.15, 0.2) is 40.4 Å². The predicted molar refractivity (Wildman–Crippen MR) is 132 cm³/mol. The van der Waals surface area contributed by atoms with Crippen molar-refractivity contribution >= 4 is 23.2 Å². The molecule has 9 heteroatoms. The lowest BCUT2D eigenvalue weighted by molar-refractivity contribution is -0.141. The van der Waals surface area contributed by atoms with Crippen molar-refractivity contribution in [1.29, 1.82) is 0 Å². The second kappa shape index (κ2) is 9.91.